The van der Waals surface area contributed by atoms with Crippen LogP contribution in [0.25, 0.3) is 32.9 Å². The Kier molecular flexibility index (Phi) is 13.2. The third kappa shape index (κ3) is 9.90. The van der Waals surface area contributed by atoms with Crippen LogP contribution in [0.3, 0.4) is 0 Å². The number of piperidine rings is 1. The van der Waals surface area contributed by atoms with Gasteiger partial charge in [-0.2, -0.15) is 9.97 Å². The molecule has 3 aromatic heterocycles. The summed E-state index contributed by atoms with van der Waals surface area (Å²) >= 11 is 0. The summed E-state index contributed by atoms with van der Waals surface area (Å²) in [5, 5.41) is 17.1. The predicted molar refractivity (Wildman–Crippen MR) is 263 cm³/mol. The number of hydrogen-bond donors (Lipinski definition) is 1. The van der Waals surface area contributed by atoms with Crippen molar-refractivity contribution in [2.24, 2.45) is 0 Å². The monoisotopic (exact) mass is 965 g/mol. The molecule has 5 aliphatic rings. The van der Waals surface area contributed by atoms with Crippen LogP contribution < -0.4 is 14.5 Å². The van der Waals surface area contributed by atoms with Gasteiger partial charge in [0, 0.05) is 95.9 Å². The summed E-state index contributed by atoms with van der Waals surface area (Å²) in [6.07, 6.45) is 6.62. The Morgan fingerprint density at radius 2 is 1.70 bits per heavy atom. The van der Waals surface area contributed by atoms with E-state index in [1.807, 2.05) is 61.8 Å². The lowest BCUT2D eigenvalue weighted by Crippen LogP contribution is -2.57. The third-order valence-corrected chi connectivity index (χ3v) is 15.1. The lowest BCUT2D eigenvalue weighted by molar-refractivity contribution is -0.131. The molecule has 10 rings (SSSR count). The molecule has 5 aromatic rings. The fourth-order valence-corrected chi connectivity index (χ4v) is 11.4. The van der Waals surface area contributed by atoms with E-state index in [0.29, 0.717) is 107 Å². The van der Waals surface area contributed by atoms with E-state index >= 15 is 8.78 Å². The van der Waals surface area contributed by atoms with Crippen molar-refractivity contribution in [2.75, 3.05) is 88.4 Å². The van der Waals surface area contributed by atoms with Gasteiger partial charge in [-0.3, -0.25) is 24.5 Å². The first-order valence-electron chi connectivity index (χ1n) is 25.3. The molecule has 70 heavy (non-hydrogen) atoms. The van der Waals surface area contributed by atoms with E-state index in [1.54, 1.807) is 18.3 Å². The van der Waals surface area contributed by atoms with E-state index in [1.165, 1.54) is 0 Å². The van der Waals surface area contributed by atoms with Crippen molar-refractivity contribution in [3.05, 3.63) is 59.7 Å². The second-order valence-corrected chi connectivity index (χ2v) is 21.1. The van der Waals surface area contributed by atoms with Gasteiger partial charge in [-0.15, -0.1) is 0 Å². The molecule has 2 amide bonds. The lowest BCUT2D eigenvalue weighted by Gasteiger charge is -2.42. The van der Waals surface area contributed by atoms with Crippen LogP contribution >= 0.6 is 0 Å². The Morgan fingerprint density at radius 3 is 2.40 bits per heavy atom. The van der Waals surface area contributed by atoms with Crippen LogP contribution in [0.4, 0.5) is 25.2 Å². The Morgan fingerprint density at radius 1 is 0.943 bits per heavy atom. The highest BCUT2D eigenvalue weighted by Crippen LogP contribution is 2.41. The minimum absolute atomic E-state index is 0.000167. The molecule has 3 atom stereocenters. The number of hydrogen-bond acceptors (Lipinski definition) is 14. The zero-order chi connectivity index (χ0) is 48.9. The number of pyridine rings is 1. The SMILES string of the molecule is CCc1cccc2cc(O)cc(-c3ncc4c(N5CC6CCC(C5)N6C(=O)OC(C)(C)C)nc(OCCN5CCC(F)(CN6CCN(c7cc(CC(=O)N8CCCC8C)on7)CC6)CC5)nc4c3F)c12. The molecule has 5 saturated heterocycles. The van der Waals surface area contributed by atoms with Crippen LogP contribution in [-0.4, -0.2) is 165 Å². The Hall–Kier alpha value is -5.88. The Balaban J connectivity index is 0.801. The summed E-state index contributed by atoms with van der Waals surface area (Å²) in [6.45, 7) is 16.4. The maximum atomic E-state index is 17.3. The van der Waals surface area contributed by atoms with Crippen molar-refractivity contribution in [1.82, 2.24) is 39.7 Å². The number of alkyl halides is 1. The summed E-state index contributed by atoms with van der Waals surface area (Å²) in [5.41, 5.74) is -0.386. The number of fused-ring (bicyclic) bond motifs is 4. The molecular weight excluding hydrogens is 899 g/mol. The zero-order valence-electron chi connectivity index (χ0n) is 41.1. The highest BCUT2D eigenvalue weighted by atomic mass is 19.1. The number of aromatic hydroxyl groups is 1. The van der Waals surface area contributed by atoms with Crippen molar-refractivity contribution in [2.45, 2.75) is 115 Å². The number of piperazine rings is 2. The van der Waals surface area contributed by atoms with Gasteiger partial charge in [-0.1, -0.05) is 30.3 Å². The minimum atomic E-state index is -1.32. The molecule has 16 nitrogen and oxygen atoms in total. The summed E-state index contributed by atoms with van der Waals surface area (Å²) in [6, 6.07) is 10.9. The van der Waals surface area contributed by atoms with Crippen molar-refractivity contribution >= 4 is 45.3 Å². The Bertz CT molecular complexity index is 2720. The number of amides is 2. The number of halogens is 2. The number of ether oxygens (including phenoxy) is 2. The number of carbonyl (C=O) groups excluding carboxylic acids is 2. The van der Waals surface area contributed by atoms with E-state index in [-0.39, 0.29) is 66.1 Å². The molecule has 2 bridgehead atoms. The number of phenols is 1. The average Bonchev–Trinajstić information content (AvgIpc) is 4.05. The first kappa shape index (κ1) is 47.8. The van der Waals surface area contributed by atoms with Crippen molar-refractivity contribution in [1.29, 1.82) is 0 Å². The lowest BCUT2D eigenvalue weighted by atomic mass is 9.92. The Labute approximate surface area is 407 Å². The maximum Gasteiger partial charge on any atom is 0.410 e. The van der Waals surface area contributed by atoms with Crippen molar-refractivity contribution in [3.63, 3.8) is 0 Å². The van der Waals surface area contributed by atoms with Crippen molar-refractivity contribution < 1.29 is 37.5 Å². The van der Waals surface area contributed by atoms with Gasteiger partial charge >= 0.3 is 12.1 Å². The van der Waals surface area contributed by atoms with Crippen LogP contribution in [-0.2, 0) is 22.4 Å². The molecule has 2 aromatic carbocycles. The fraction of sp³-hybridized carbons (Fsp3) is 0.577. The predicted octanol–water partition coefficient (Wildman–Crippen LogP) is 7.39. The zero-order valence-corrected chi connectivity index (χ0v) is 41.1. The number of rotatable bonds is 12. The van der Waals surface area contributed by atoms with Gasteiger partial charge in [0.25, 0.3) is 0 Å². The van der Waals surface area contributed by atoms with E-state index in [0.717, 1.165) is 54.4 Å². The molecule has 1 N–H and O–H groups in total. The highest BCUT2D eigenvalue weighted by Gasteiger charge is 2.45. The first-order chi connectivity index (χ1) is 33.6. The summed E-state index contributed by atoms with van der Waals surface area (Å²) in [7, 11) is 0. The number of aromatic nitrogens is 4. The van der Waals surface area contributed by atoms with E-state index < -0.39 is 17.1 Å². The molecule has 0 saturated carbocycles. The molecule has 0 aliphatic carbocycles. The van der Waals surface area contributed by atoms with Gasteiger partial charge < -0.3 is 33.8 Å². The minimum Gasteiger partial charge on any atom is -0.508 e. The van der Waals surface area contributed by atoms with Crippen molar-refractivity contribution in [3.8, 4) is 23.0 Å². The highest BCUT2D eigenvalue weighted by molar-refractivity contribution is 6.01. The maximum absolute atomic E-state index is 17.3. The van der Waals surface area contributed by atoms with Crippen LogP contribution in [0.15, 0.2) is 47.1 Å². The van der Waals surface area contributed by atoms with Crippen LogP contribution in [0.2, 0.25) is 0 Å². The normalized spacial score (nSPS) is 22.1. The van der Waals surface area contributed by atoms with Gasteiger partial charge in [0.1, 0.15) is 46.4 Å². The number of aryl methyl sites for hydroxylation is 1. The quantitative estimate of drug-likeness (QED) is 0.132. The van der Waals surface area contributed by atoms with E-state index in [4.69, 9.17) is 24.0 Å². The molecule has 18 heteroatoms. The number of likely N-dealkylation sites (tertiary alicyclic amines) is 2. The number of phenolic OH excluding ortho intramolecular Hbond substituents is 1. The summed E-state index contributed by atoms with van der Waals surface area (Å²) < 4.78 is 51.4. The molecule has 0 spiro atoms. The largest absolute Gasteiger partial charge is 0.508 e. The molecule has 0 radical (unpaired) electrons. The van der Waals surface area contributed by atoms with Crippen LogP contribution in [0.1, 0.15) is 84.5 Å². The molecule has 8 heterocycles. The number of carbonyl (C=O) groups is 2. The van der Waals surface area contributed by atoms with E-state index in [2.05, 4.69) is 36.7 Å². The van der Waals surface area contributed by atoms with E-state index in [9.17, 15) is 14.7 Å². The molecular formula is C52H66F2N10O6. The second-order valence-electron chi connectivity index (χ2n) is 21.1. The third-order valence-electron chi connectivity index (χ3n) is 15.1. The van der Waals surface area contributed by atoms with Gasteiger partial charge in [0.05, 0.1) is 23.9 Å². The number of nitrogens with zero attached hydrogens (tertiary/aromatic N) is 10. The summed E-state index contributed by atoms with van der Waals surface area (Å²) in [4.78, 5) is 52.9. The molecule has 5 fully saturated rings. The average molecular weight is 965 g/mol. The topological polar surface area (TPSA) is 157 Å². The van der Waals surface area contributed by atoms with Crippen LogP contribution in [0.5, 0.6) is 11.8 Å². The molecule has 3 unspecified atom stereocenters. The molecule has 374 valence electrons. The van der Waals surface area contributed by atoms with Gasteiger partial charge in [0.15, 0.2) is 11.6 Å². The van der Waals surface area contributed by atoms with Gasteiger partial charge in [-0.25, -0.2) is 13.6 Å². The van der Waals surface area contributed by atoms with Gasteiger partial charge in [0.2, 0.25) is 5.91 Å². The smallest absolute Gasteiger partial charge is 0.410 e. The standard InChI is InChI=1S/C52H66F2N10O6/c1-6-34-10-7-11-35-25-38(65)26-40(44(34)35)46-45(53)47-41(29-55-46)48(62-30-36-12-13-37(31-62)64(36)50(67)69-51(3,4)5)57-49(56-47)68-24-23-59-17-14-52(54,15-18-59)32-60-19-21-61(22-20-60)42-27-39(70-58-42)28-43(66)63-16-8-9-33(63)2/h7,10-11,25-27,29,33,36-37,65H,6,8-9,12-24,28,30-32H2,1-5H3. The molecule has 5 aliphatic heterocycles. The first-order valence-corrected chi connectivity index (χ1v) is 25.3. The number of anilines is 2. The number of benzene rings is 2. The summed E-state index contributed by atoms with van der Waals surface area (Å²) in [5.74, 6) is 1.18. The van der Waals surface area contributed by atoms with Crippen LogP contribution in [0, 0.1) is 5.82 Å². The van der Waals surface area contributed by atoms with Gasteiger partial charge in [-0.05, 0) is 101 Å². The fourth-order valence-electron chi connectivity index (χ4n) is 11.4. The second kappa shape index (κ2) is 19.4.